The number of hydrogen-bond acceptors (Lipinski definition) is 3. The summed E-state index contributed by atoms with van der Waals surface area (Å²) in [6.45, 7) is 10.1. The largest absolute Gasteiger partial charge is 0.313 e. The number of sulfonamides is 1. The first-order valence-electron chi connectivity index (χ1n) is 7.74. The van der Waals surface area contributed by atoms with E-state index in [0.29, 0.717) is 23.9 Å². The molecule has 0 heterocycles. The fourth-order valence-corrected chi connectivity index (χ4v) is 3.61. The van der Waals surface area contributed by atoms with Crippen molar-refractivity contribution in [1.82, 2.24) is 10.0 Å². The van der Waals surface area contributed by atoms with E-state index in [1.54, 1.807) is 6.07 Å². The van der Waals surface area contributed by atoms with E-state index < -0.39 is 10.0 Å². The van der Waals surface area contributed by atoms with Crippen LogP contribution >= 0.6 is 0 Å². The highest BCUT2D eigenvalue weighted by atomic mass is 32.2. The fourth-order valence-electron chi connectivity index (χ4n) is 2.20. The summed E-state index contributed by atoms with van der Waals surface area (Å²) in [4.78, 5) is 0.392. The van der Waals surface area contributed by atoms with Crippen molar-refractivity contribution in [2.75, 3.05) is 13.1 Å². The van der Waals surface area contributed by atoms with E-state index >= 15 is 0 Å². The maximum atomic E-state index is 12.5. The molecule has 120 valence electrons. The van der Waals surface area contributed by atoms with Crippen molar-refractivity contribution in [3.8, 4) is 0 Å². The summed E-state index contributed by atoms with van der Waals surface area (Å²) in [5.74, 6) is 0.394. The molecule has 0 atom stereocenters. The van der Waals surface area contributed by atoms with E-state index in [-0.39, 0.29) is 0 Å². The summed E-state index contributed by atoms with van der Waals surface area (Å²) < 4.78 is 27.7. The zero-order valence-corrected chi connectivity index (χ0v) is 14.4. The van der Waals surface area contributed by atoms with Crippen LogP contribution in [-0.2, 0) is 16.6 Å². The SMILES string of the molecule is CCNCc1ccc(C)c(S(=O)(=O)NCC(CC)CC)c1. The van der Waals surface area contributed by atoms with Crippen LogP contribution in [0.3, 0.4) is 0 Å². The maximum Gasteiger partial charge on any atom is 0.240 e. The lowest BCUT2D eigenvalue weighted by atomic mass is 10.0. The Hall–Kier alpha value is -0.910. The average Bonchev–Trinajstić information content (AvgIpc) is 2.47. The lowest BCUT2D eigenvalue weighted by molar-refractivity contribution is 0.478. The van der Waals surface area contributed by atoms with Crippen LogP contribution in [0, 0.1) is 12.8 Å². The molecule has 4 nitrogen and oxygen atoms in total. The quantitative estimate of drug-likeness (QED) is 0.737. The molecule has 0 unspecified atom stereocenters. The van der Waals surface area contributed by atoms with Crippen LogP contribution in [0.25, 0.3) is 0 Å². The van der Waals surface area contributed by atoms with Crippen molar-refractivity contribution in [3.05, 3.63) is 29.3 Å². The Kier molecular flexibility index (Phi) is 7.35. The molecule has 0 spiro atoms. The summed E-state index contributed by atoms with van der Waals surface area (Å²) in [7, 11) is -3.43. The second-order valence-electron chi connectivity index (χ2n) is 5.41. The van der Waals surface area contributed by atoms with Crippen molar-refractivity contribution in [2.45, 2.75) is 52.0 Å². The Morgan fingerprint density at radius 1 is 1.14 bits per heavy atom. The molecule has 0 aliphatic carbocycles. The molecule has 0 radical (unpaired) electrons. The maximum absolute atomic E-state index is 12.5. The van der Waals surface area contributed by atoms with Crippen LogP contribution < -0.4 is 10.0 Å². The molecule has 0 amide bonds. The van der Waals surface area contributed by atoms with Gasteiger partial charge in [-0.25, -0.2) is 13.1 Å². The summed E-state index contributed by atoms with van der Waals surface area (Å²) in [6.07, 6.45) is 1.97. The highest BCUT2D eigenvalue weighted by Crippen LogP contribution is 2.18. The monoisotopic (exact) mass is 312 g/mol. The summed E-state index contributed by atoms with van der Waals surface area (Å²) >= 11 is 0. The lowest BCUT2D eigenvalue weighted by Crippen LogP contribution is -2.29. The first kappa shape index (κ1) is 18.1. The molecule has 0 saturated carbocycles. The summed E-state index contributed by atoms with van der Waals surface area (Å²) in [6, 6.07) is 5.61. The molecular formula is C16H28N2O2S. The predicted molar refractivity (Wildman–Crippen MR) is 87.8 cm³/mol. The molecule has 0 aliphatic heterocycles. The van der Waals surface area contributed by atoms with E-state index in [9.17, 15) is 8.42 Å². The van der Waals surface area contributed by atoms with Gasteiger partial charge in [-0.2, -0.15) is 0 Å². The van der Waals surface area contributed by atoms with Gasteiger partial charge in [0.2, 0.25) is 10.0 Å². The number of benzene rings is 1. The van der Waals surface area contributed by atoms with Gasteiger partial charge in [0.15, 0.2) is 0 Å². The van der Waals surface area contributed by atoms with Crippen LogP contribution in [-0.4, -0.2) is 21.5 Å². The minimum absolute atomic E-state index is 0.392. The second-order valence-corrected chi connectivity index (χ2v) is 7.15. The van der Waals surface area contributed by atoms with Gasteiger partial charge >= 0.3 is 0 Å². The van der Waals surface area contributed by atoms with Gasteiger partial charge in [0.05, 0.1) is 4.90 Å². The van der Waals surface area contributed by atoms with E-state index in [1.165, 1.54) is 0 Å². The number of rotatable bonds is 9. The Bertz CT molecular complexity index is 537. The Morgan fingerprint density at radius 3 is 2.38 bits per heavy atom. The number of nitrogens with one attached hydrogen (secondary N) is 2. The molecular weight excluding hydrogens is 284 g/mol. The Balaban J connectivity index is 2.90. The number of hydrogen-bond donors (Lipinski definition) is 2. The predicted octanol–water partition coefficient (Wildman–Crippen LogP) is 2.82. The second kappa shape index (κ2) is 8.51. The van der Waals surface area contributed by atoms with Crippen LogP contribution in [0.4, 0.5) is 0 Å². The molecule has 0 bridgehead atoms. The van der Waals surface area contributed by atoms with Gasteiger partial charge in [0.1, 0.15) is 0 Å². The first-order chi connectivity index (χ1) is 9.94. The Labute approximate surface area is 129 Å². The van der Waals surface area contributed by atoms with Crippen molar-refractivity contribution in [3.63, 3.8) is 0 Å². The third-order valence-electron chi connectivity index (χ3n) is 3.84. The van der Waals surface area contributed by atoms with Crippen LogP contribution in [0.2, 0.25) is 0 Å². The van der Waals surface area contributed by atoms with Crippen molar-refractivity contribution >= 4 is 10.0 Å². The normalized spacial score (nSPS) is 12.0. The van der Waals surface area contributed by atoms with Gasteiger partial charge in [-0.15, -0.1) is 0 Å². The average molecular weight is 312 g/mol. The third kappa shape index (κ3) is 5.41. The van der Waals surface area contributed by atoms with Crippen LogP contribution in [0.1, 0.15) is 44.7 Å². The Morgan fingerprint density at radius 2 is 1.81 bits per heavy atom. The third-order valence-corrected chi connectivity index (χ3v) is 5.40. The van der Waals surface area contributed by atoms with Crippen molar-refractivity contribution in [2.24, 2.45) is 5.92 Å². The van der Waals surface area contributed by atoms with Crippen LogP contribution in [0.15, 0.2) is 23.1 Å². The molecule has 0 aliphatic rings. The first-order valence-corrected chi connectivity index (χ1v) is 9.22. The van der Waals surface area contributed by atoms with E-state index in [0.717, 1.165) is 30.5 Å². The van der Waals surface area contributed by atoms with Crippen molar-refractivity contribution < 1.29 is 8.42 Å². The topological polar surface area (TPSA) is 58.2 Å². The molecule has 2 N–H and O–H groups in total. The van der Waals surface area contributed by atoms with Gasteiger partial charge in [-0.1, -0.05) is 45.7 Å². The molecule has 1 aromatic rings. The summed E-state index contributed by atoms with van der Waals surface area (Å²) in [5, 5.41) is 3.22. The number of aryl methyl sites for hydroxylation is 1. The van der Waals surface area contributed by atoms with Gasteiger partial charge in [0.25, 0.3) is 0 Å². The van der Waals surface area contributed by atoms with Gasteiger partial charge < -0.3 is 5.32 Å². The molecule has 5 heteroatoms. The highest BCUT2D eigenvalue weighted by Gasteiger charge is 2.18. The van der Waals surface area contributed by atoms with Gasteiger partial charge in [-0.05, 0) is 36.6 Å². The van der Waals surface area contributed by atoms with E-state index in [2.05, 4.69) is 23.9 Å². The molecule has 0 aromatic heterocycles. The highest BCUT2D eigenvalue weighted by molar-refractivity contribution is 7.89. The molecule has 0 fully saturated rings. The fraction of sp³-hybridized carbons (Fsp3) is 0.625. The molecule has 0 saturated heterocycles. The lowest BCUT2D eigenvalue weighted by Gasteiger charge is -2.15. The van der Waals surface area contributed by atoms with Gasteiger partial charge in [-0.3, -0.25) is 0 Å². The van der Waals surface area contributed by atoms with Gasteiger partial charge in [0, 0.05) is 13.1 Å². The van der Waals surface area contributed by atoms with E-state index in [1.807, 2.05) is 26.0 Å². The molecule has 21 heavy (non-hydrogen) atoms. The zero-order chi connectivity index (χ0) is 15.9. The minimum Gasteiger partial charge on any atom is -0.313 e. The van der Waals surface area contributed by atoms with Crippen molar-refractivity contribution in [1.29, 1.82) is 0 Å². The van der Waals surface area contributed by atoms with Crippen LogP contribution in [0.5, 0.6) is 0 Å². The molecule has 1 rings (SSSR count). The standard InChI is InChI=1S/C16H28N2O2S/c1-5-14(6-2)12-18-21(19,20)16-10-15(11-17-7-3)9-8-13(16)4/h8-10,14,17-18H,5-7,11-12H2,1-4H3. The smallest absolute Gasteiger partial charge is 0.240 e. The molecule has 1 aromatic carbocycles. The summed E-state index contributed by atoms with van der Waals surface area (Å²) in [5.41, 5.74) is 1.78. The minimum atomic E-state index is -3.43. The zero-order valence-electron chi connectivity index (χ0n) is 13.6. The van der Waals surface area contributed by atoms with E-state index in [4.69, 9.17) is 0 Å².